The monoisotopic (exact) mass is 214 g/mol. The molecule has 0 aliphatic carbocycles. The highest BCUT2D eigenvalue weighted by Crippen LogP contribution is 2.13. The Balaban J connectivity index is 2.10. The van der Waals surface area contributed by atoms with Gasteiger partial charge in [0.2, 0.25) is 0 Å². The van der Waals surface area contributed by atoms with Gasteiger partial charge in [0.15, 0.2) is 6.29 Å². The van der Waals surface area contributed by atoms with E-state index < -0.39 is 0 Å². The van der Waals surface area contributed by atoms with Gasteiger partial charge in [0.25, 0.3) is 0 Å². The number of hydrogen-bond donors (Lipinski definition) is 0. The third-order valence-corrected chi connectivity index (χ3v) is 2.18. The minimum absolute atomic E-state index is 0.0536. The van der Waals surface area contributed by atoms with Crippen LogP contribution >= 0.6 is 0 Å². The van der Waals surface area contributed by atoms with E-state index in [4.69, 9.17) is 14.2 Å². The molecule has 0 aromatic carbocycles. The van der Waals surface area contributed by atoms with Crippen LogP contribution in [0.15, 0.2) is 11.6 Å². The molecule has 0 aromatic heterocycles. The summed E-state index contributed by atoms with van der Waals surface area (Å²) in [5, 5.41) is 0. The van der Waals surface area contributed by atoms with Crippen LogP contribution in [0.5, 0.6) is 0 Å². The molecule has 0 aromatic rings. The zero-order chi connectivity index (χ0) is 11.1. The lowest BCUT2D eigenvalue weighted by Gasteiger charge is -2.08. The summed E-state index contributed by atoms with van der Waals surface area (Å²) in [6.45, 7) is 5.16. The average Bonchev–Trinajstić information content (AvgIpc) is 2.66. The Kier molecular flexibility index (Phi) is 5.36. The topological polar surface area (TPSA) is 44.8 Å². The predicted octanol–water partition coefficient (Wildman–Crippen LogP) is 1.65. The first-order valence-corrected chi connectivity index (χ1v) is 5.20. The standard InChI is InChI=1S/C11H18O4/c1-9(5-6-13-10(2)12)3-4-11-14-7-8-15-11/h5,11H,3-4,6-8H2,1-2H3/b9-5+. The second kappa shape index (κ2) is 6.58. The minimum atomic E-state index is -0.249. The van der Waals surface area contributed by atoms with E-state index >= 15 is 0 Å². The molecule has 0 spiro atoms. The van der Waals surface area contributed by atoms with Crippen molar-refractivity contribution in [2.24, 2.45) is 0 Å². The van der Waals surface area contributed by atoms with Crippen molar-refractivity contribution in [1.29, 1.82) is 0 Å². The molecule has 0 unspecified atom stereocenters. The number of carbonyl (C=O) groups excluding carboxylic acids is 1. The molecule has 1 fully saturated rings. The normalized spacial score (nSPS) is 18.1. The lowest BCUT2D eigenvalue weighted by atomic mass is 10.1. The van der Waals surface area contributed by atoms with Gasteiger partial charge in [-0.05, 0) is 19.4 Å². The Morgan fingerprint density at radius 2 is 2.07 bits per heavy atom. The van der Waals surface area contributed by atoms with Gasteiger partial charge in [0.05, 0.1) is 13.2 Å². The first-order chi connectivity index (χ1) is 7.18. The van der Waals surface area contributed by atoms with Crippen molar-refractivity contribution in [3.8, 4) is 0 Å². The molecule has 0 saturated carbocycles. The molecule has 86 valence electrons. The molecule has 4 heteroatoms. The molecule has 1 aliphatic rings. The third-order valence-electron chi connectivity index (χ3n) is 2.18. The van der Waals surface area contributed by atoms with Crippen LogP contribution in [0.25, 0.3) is 0 Å². The number of rotatable bonds is 5. The van der Waals surface area contributed by atoms with Crippen molar-refractivity contribution < 1.29 is 19.0 Å². The highest BCUT2D eigenvalue weighted by Gasteiger charge is 2.14. The van der Waals surface area contributed by atoms with Gasteiger partial charge >= 0.3 is 5.97 Å². The molecule has 1 rings (SSSR count). The van der Waals surface area contributed by atoms with Crippen LogP contribution in [0.1, 0.15) is 26.7 Å². The van der Waals surface area contributed by atoms with Crippen molar-refractivity contribution >= 4 is 5.97 Å². The molecule has 15 heavy (non-hydrogen) atoms. The Labute approximate surface area is 90.2 Å². The van der Waals surface area contributed by atoms with E-state index in [1.807, 2.05) is 13.0 Å². The SMILES string of the molecule is CC(=O)OC/C=C(\C)CCC1OCCO1. The smallest absolute Gasteiger partial charge is 0.302 e. The predicted molar refractivity (Wildman–Crippen MR) is 55.3 cm³/mol. The maximum Gasteiger partial charge on any atom is 0.302 e. The molecule has 4 nitrogen and oxygen atoms in total. The zero-order valence-electron chi connectivity index (χ0n) is 9.32. The van der Waals surface area contributed by atoms with Crippen LogP contribution in [0.4, 0.5) is 0 Å². The van der Waals surface area contributed by atoms with Gasteiger partial charge in [-0.2, -0.15) is 0 Å². The van der Waals surface area contributed by atoms with E-state index in [1.165, 1.54) is 12.5 Å². The summed E-state index contributed by atoms with van der Waals surface area (Å²) < 4.78 is 15.4. The molecule has 0 amide bonds. The van der Waals surface area contributed by atoms with E-state index in [0.29, 0.717) is 19.8 Å². The minimum Gasteiger partial charge on any atom is -0.462 e. The quantitative estimate of drug-likeness (QED) is 0.515. The third kappa shape index (κ3) is 5.54. The van der Waals surface area contributed by atoms with Crippen LogP contribution in [0.2, 0.25) is 0 Å². The Morgan fingerprint density at radius 3 is 2.67 bits per heavy atom. The lowest BCUT2D eigenvalue weighted by Crippen LogP contribution is -2.07. The van der Waals surface area contributed by atoms with Crippen molar-refractivity contribution in [3.63, 3.8) is 0 Å². The summed E-state index contributed by atoms with van der Waals surface area (Å²) in [5.41, 5.74) is 1.19. The molecule has 0 atom stereocenters. The average molecular weight is 214 g/mol. The number of allylic oxidation sites excluding steroid dienone is 1. The Hall–Kier alpha value is -0.870. The Morgan fingerprint density at radius 1 is 1.40 bits per heavy atom. The summed E-state index contributed by atoms with van der Waals surface area (Å²) in [6, 6.07) is 0. The molecule has 0 bridgehead atoms. The fraction of sp³-hybridized carbons (Fsp3) is 0.727. The van der Waals surface area contributed by atoms with E-state index in [9.17, 15) is 4.79 Å². The van der Waals surface area contributed by atoms with Gasteiger partial charge in [0, 0.05) is 13.3 Å². The fourth-order valence-corrected chi connectivity index (χ4v) is 1.32. The maximum absolute atomic E-state index is 10.5. The summed E-state index contributed by atoms with van der Waals surface area (Å²) in [4.78, 5) is 10.5. The van der Waals surface area contributed by atoms with E-state index in [0.717, 1.165) is 12.8 Å². The van der Waals surface area contributed by atoms with Crippen LogP contribution in [0, 0.1) is 0 Å². The number of ether oxygens (including phenoxy) is 3. The van der Waals surface area contributed by atoms with E-state index in [1.54, 1.807) is 0 Å². The fourth-order valence-electron chi connectivity index (χ4n) is 1.32. The lowest BCUT2D eigenvalue weighted by molar-refractivity contribution is -0.139. The summed E-state index contributed by atoms with van der Waals surface area (Å²) in [6.07, 6.45) is 3.63. The second-order valence-electron chi connectivity index (χ2n) is 3.56. The first-order valence-electron chi connectivity index (χ1n) is 5.20. The number of carbonyl (C=O) groups is 1. The number of hydrogen-bond acceptors (Lipinski definition) is 4. The van der Waals surface area contributed by atoms with E-state index in [-0.39, 0.29) is 12.3 Å². The maximum atomic E-state index is 10.5. The van der Waals surface area contributed by atoms with Crippen LogP contribution in [0.3, 0.4) is 0 Å². The van der Waals surface area contributed by atoms with Crippen LogP contribution < -0.4 is 0 Å². The van der Waals surface area contributed by atoms with Gasteiger partial charge in [-0.1, -0.05) is 5.57 Å². The van der Waals surface area contributed by atoms with Gasteiger partial charge in [-0.25, -0.2) is 0 Å². The molecule has 1 aliphatic heterocycles. The molecular weight excluding hydrogens is 196 g/mol. The van der Waals surface area contributed by atoms with Crippen LogP contribution in [-0.2, 0) is 19.0 Å². The van der Waals surface area contributed by atoms with Gasteiger partial charge in [-0.3, -0.25) is 4.79 Å². The number of esters is 1. The van der Waals surface area contributed by atoms with Gasteiger partial charge in [0.1, 0.15) is 6.61 Å². The summed E-state index contributed by atoms with van der Waals surface area (Å²) in [7, 11) is 0. The van der Waals surface area contributed by atoms with Crippen molar-refractivity contribution in [3.05, 3.63) is 11.6 Å². The van der Waals surface area contributed by atoms with Crippen LogP contribution in [-0.4, -0.2) is 32.1 Å². The van der Waals surface area contributed by atoms with Crippen molar-refractivity contribution in [2.45, 2.75) is 33.0 Å². The van der Waals surface area contributed by atoms with Crippen molar-refractivity contribution in [2.75, 3.05) is 19.8 Å². The summed E-state index contributed by atoms with van der Waals surface area (Å²) in [5.74, 6) is -0.249. The zero-order valence-corrected chi connectivity index (χ0v) is 9.32. The van der Waals surface area contributed by atoms with Crippen molar-refractivity contribution in [1.82, 2.24) is 0 Å². The highest BCUT2D eigenvalue weighted by atomic mass is 16.7. The molecule has 1 saturated heterocycles. The largest absolute Gasteiger partial charge is 0.462 e. The van der Waals surface area contributed by atoms with Gasteiger partial charge in [-0.15, -0.1) is 0 Å². The second-order valence-corrected chi connectivity index (χ2v) is 3.56. The molecule has 0 N–H and O–H groups in total. The van der Waals surface area contributed by atoms with E-state index in [2.05, 4.69) is 0 Å². The summed E-state index contributed by atoms with van der Waals surface area (Å²) >= 11 is 0. The molecular formula is C11H18O4. The molecule has 1 heterocycles. The molecule has 0 radical (unpaired) electrons. The first kappa shape index (κ1) is 12.2. The Bertz CT molecular complexity index is 229. The highest BCUT2D eigenvalue weighted by molar-refractivity contribution is 5.66. The van der Waals surface area contributed by atoms with Gasteiger partial charge < -0.3 is 14.2 Å².